The van der Waals surface area contributed by atoms with E-state index in [1.807, 2.05) is 30.3 Å². The minimum Gasteiger partial charge on any atom is -0.372 e. The van der Waals surface area contributed by atoms with Gasteiger partial charge in [0, 0.05) is 49.0 Å². The number of nitrogens with one attached hydrogen (secondary N) is 1. The zero-order valence-corrected chi connectivity index (χ0v) is 19.6. The molecular formula is C25H31N3O4S. The first-order chi connectivity index (χ1) is 15.9. The highest BCUT2D eigenvalue weighted by Crippen LogP contribution is 2.24. The molecule has 8 heteroatoms. The minimum absolute atomic E-state index is 0.0880. The summed E-state index contributed by atoms with van der Waals surface area (Å²) in [7, 11) is -3.82. The van der Waals surface area contributed by atoms with Gasteiger partial charge in [-0.25, -0.2) is 8.42 Å². The quantitative estimate of drug-likeness (QED) is 0.627. The van der Waals surface area contributed by atoms with Gasteiger partial charge in [0.15, 0.2) is 5.78 Å². The fourth-order valence-corrected chi connectivity index (χ4v) is 5.67. The Bertz CT molecular complexity index is 1060. The molecule has 33 heavy (non-hydrogen) atoms. The smallest absolute Gasteiger partial charge is 0.241 e. The average molecular weight is 470 g/mol. The number of ketones is 1. The van der Waals surface area contributed by atoms with Crippen molar-refractivity contribution in [3.63, 3.8) is 0 Å². The first-order valence-electron chi connectivity index (χ1n) is 11.6. The van der Waals surface area contributed by atoms with E-state index in [9.17, 15) is 18.0 Å². The Hall–Kier alpha value is -2.87. The first-order valence-corrected chi connectivity index (χ1v) is 13.3. The van der Waals surface area contributed by atoms with Crippen molar-refractivity contribution in [1.29, 1.82) is 0 Å². The highest BCUT2D eigenvalue weighted by Gasteiger charge is 2.29. The number of anilines is 2. The molecule has 2 heterocycles. The van der Waals surface area contributed by atoms with Crippen molar-refractivity contribution in [3.05, 3.63) is 60.2 Å². The molecule has 2 aliphatic rings. The van der Waals surface area contributed by atoms with Crippen LogP contribution in [0.15, 0.2) is 54.6 Å². The van der Waals surface area contributed by atoms with E-state index < -0.39 is 21.7 Å². The third-order valence-corrected chi connectivity index (χ3v) is 7.63. The maximum Gasteiger partial charge on any atom is 0.241 e. The number of benzene rings is 2. The molecule has 0 aromatic heterocycles. The number of Topliss-reactive ketones (excluding diaryl/α,β-unsaturated/α-hetero) is 1. The average Bonchev–Trinajstić information content (AvgIpc) is 2.84. The van der Waals surface area contributed by atoms with E-state index in [-0.39, 0.29) is 11.7 Å². The molecule has 1 amide bonds. The zero-order chi connectivity index (χ0) is 23.3. The van der Waals surface area contributed by atoms with Gasteiger partial charge >= 0.3 is 0 Å². The molecule has 0 bridgehead atoms. The van der Waals surface area contributed by atoms with Crippen LogP contribution >= 0.6 is 0 Å². The molecule has 0 unspecified atom stereocenters. The summed E-state index contributed by atoms with van der Waals surface area (Å²) in [6.07, 6.45) is 4.70. The largest absolute Gasteiger partial charge is 0.372 e. The summed E-state index contributed by atoms with van der Waals surface area (Å²) in [5.74, 6) is -1.08. The van der Waals surface area contributed by atoms with Gasteiger partial charge in [0.2, 0.25) is 15.9 Å². The van der Waals surface area contributed by atoms with Gasteiger partial charge in [-0.2, -0.15) is 0 Å². The van der Waals surface area contributed by atoms with Crippen molar-refractivity contribution in [2.75, 3.05) is 41.6 Å². The third-order valence-electron chi connectivity index (χ3n) is 6.45. The highest BCUT2D eigenvalue weighted by atomic mass is 32.2. The number of piperidine rings is 2. The van der Waals surface area contributed by atoms with E-state index in [2.05, 4.69) is 9.62 Å². The molecule has 4 rings (SSSR count). The number of hydrogen-bond donors (Lipinski definition) is 1. The fraction of sp³-hybridized carbons (Fsp3) is 0.440. The Balaban J connectivity index is 1.28. The summed E-state index contributed by atoms with van der Waals surface area (Å²) in [4.78, 5) is 29.1. The van der Waals surface area contributed by atoms with Crippen molar-refractivity contribution < 1.29 is 18.0 Å². The number of carbonyl (C=O) groups is 2. The van der Waals surface area contributed by atoms with Crippen molar-refractivity contribution in [1.82, 2.24) is 4.90 Å². The summed E-state index contributed by atoms with van der Waals surface area (Å²) in [5, 5.41) is 0. The number of rotatable bonds is 7. The topological polar surface area (TPSA) is 86.8 Å². The Morgan fingerprint density at radius 1 is 0.848 bits per heavy atom. The number of carbonyl (C=O) groups excluding carboxylic acids is 2. The van der Waals surface area contributed by atoms with Crippen molar-refractivity contribution in [3.8, 4) is 0 Å². The van der Waals surface area contributed by atoms with Crippen molar-refractivity contribution in [2.24, 2.45) is 5.92 Å². The van der Waals surface area contributed by atoms with Crippen LogP contribution in [0.1, 0.15) is 42.5 Å². The van der Waals surface area contributed by atoms with Gasteiger partial charge in [-0.05, 0) is 56.4 Å². The fourth-order valence-electron chi connectivity index (χ4n) is 4.59. The van der Waals surface area contributed by atoms with E-state index in [1.54, 1.807) is 29.2 Å². The van der Waals surface area contributed by atoms with Crippen LogP contribution in [-0.2, 0) is 14.8 Å². The maximum absolute atomic E-state index is 12.6. The lowest BCUT2D eigenvalue weighted by Crippen LogP contribution is -2.43. The second-order valence-electron chi connectivity index (χ2n) is 8.84. The third kappa shape index (κ3) is 6.13. The molecule has 0 saturated carbocycles. The van der Waals surface area contributed by atoms with E-state index in [0.717, 1.165) is 18.8 Å². The summed E-state index contributed by atoms with van der Waals surface area (Å²) >= 11 is 0. The Labute approximate surface area is 195 Å². The van der Waals surface area contributed by atoms with Crippen LogP contribution in [-0.4, -0.2) is 56.9 Å². The van der Waals surface area contributed by atoms with E-state index >= 15 is 0 Å². The standard InChI is InChI=1S/C25H31N3O4S/c29-24(28-17-13-21(14-18-28)25(30)20-7-3-1-4-8-20)19-33(31,32)26-22-9-11-23(12-10-22)27-15-5-2-6-16-27/h1,3-4,7-12,21,26H,2,5-6,13-19H2. The second kappa shape index (κ2) is 10.4. The molecule has 176 valence electrons. The lowest BCUT2D eigenvalue weighted by Gasteiger charge is -2.31. The highest BCUT2D eigenvalue weighted by molar-refractivity contribution is 7.93. The molecule has 2 fully saturated rings. The summed E-state index contributed by atoms with van der Waals surface area (Å²) in [6, 6.07) is 16.5. The van der Waals surface area contributed by atoms with Crippen molar-refractivity contribution >= 4 is 33.1 Å². The van der Waals surface area contributed by atoms with Crippen LogP contribution in [0, 0.1) is 5.92 Å². The lowest BCUT2D eigenvalue weighted by atomic mass is 9.89. The number of amides is 1. The number of sulfonamides is 1. The van der Waals surface area contributed by atoms with E-state index in [0.29, 0.717) is 37.2 Å². The van der Waals surface area contributed by atoms with Gasteiger partial charge < -0.3 is 9.80 Å². The zero-order valence-electron chi connectivity index (χ0n) is 18.8. The molecule has 0 radical (unpaired) electrons. The lowest BCUT2D eigenvalue weighted by molar-refractivity contribution is -0.129. The number of nitrogens with zero attached hydrogens (tertiary/aromatic N) is 2. The molecule has 2 saturated heterocycles. The Morgan fingerprint density at radius 2 is 1.48 bits per heavy atom. The molecular weight excluding hydrogens is 438 g/mol. The summed E-state index contributed by atoms with van der Waals surface area (Å²) in [5.41, 5.74) is 2.22. The Kier molecular flexibility index (Phi) is 7.33. The van der Waals surface area contributed by atoms with Gasteiger partial charge in [0.1, 0.15) is 5.75 Å². The molecule has 2 aliphatic heterocycles. The SMILES string of the molecule is O=C(c1ccccc1)C1CCN(C(=O)CS(=O)(=O)Nc2ccc(N3CCCCC3)cc2)CC1. The first kappa shape index (κ1) is 23.3. The second-order valence-corrected chi connectivity index (χ2v) is 10.6. The van der Waals surface area contributed by atoms with E-state index in [4.69, 9.17) is 0 Å². The molecule has 2 aromatic carbocycles. The summed E-state index contributed by atoms with van der Waals surface area (Å²) in [6.45, 7) is 2.82. The van der Waals surface area contributed by atoms with Crippen LogP contribution in [0.2, 0.25) is 0 Å². The van der Waals surface area contributed by atoms with Gasteiger partial charge in [-0.15, -0.1) is 0 Å². The van der Waals surface area contributed by atoms with Crippen LogP contribution in [0.5, 0.6) is 0 Å². The van der Waals surface area contributed by atoms with Crippen LogP contribution in [0.25, 0.3) is 0 Å². The molecule has 0 spiro atoms. The predicted octanol–water partition coefficient (Wildman–Crippen LogP) is 3.54. The molecule has 2 aromatic rings. The van der Waals surface area contributed by atoms with E-state index in [1.165, 1.54) is 19.3 Å². The minimum atomic E-state index is -3.82. The Morgan fingerprint density at radius 3 is 2.12 bits per heavy atom. The molecule has 7 nitrogen and oxygen atoms in total. The van der Waals surface area contributed by atoms with Gasteiger partial charge in [0.25, 0.3) is 0 Å². The number of likely N-dealkylation sites (tertiary alicyclic amines) is 1. The van der Waals surface area contributed by atoms with Gasteiger partial charge in [-0.3, -0.25) is 14.3 Å². The molecule has 0 atom stereocenters. The molecule has 0 aliphatic carbocycles. The molecule has 1 N–H and O–H groups in total. The predicted molar refractivity (Wildman–Crippen MR) is 130 cm³/mol. The summed E-state index contributed by atoms with van der Waals surface area (Å²) < 4.78 is 27.7. The van der Waals surface area contributed by atoms with Crippen LogP contribution in [0.3, 0.4) is 0 Å². The maximum atomic E-state index is 12.6. The van der Waals surface area contributed by atoms with Crippen molar-refractivity contribution in [2.45, 2.75) is 32.1 Å². The van der Waals surface area contributed by atoms with Gasteiger partial charge in [-0.1, -0.05) is 30.3 Å². The monoisotopic (exact) mass is 469 g/mol. The van der Waals surface area contributed by atoms with Crippen LogP contribution in [0.4, 0.5) is 11.4 Å². The number of hydrogen-bond acceptors (Lipinski definition) is 5. The van der Waals surface area contributed by atoms with Crippen LogP contribution < -0.4 is 9.62 Å². The van der Waals surface area contributed by atoms with Gasteiger partial charge in [0.05, 0.1) is 0 Å². The normalized spacial score (nSPS) is 17.6.